The monoisotopic (exact) mass is 285 g/mol. The van der Waals surface area contributed by atoms with Gasteiger partial charge in [0.05, 0.1) is 5.56 Å². The summed E-state index contributed by atoms with van der Waals surface area (Å²) in [5.74, 6) is 0.330. The van der Waals surface area contributed by atoms with Crippen molar-refractivity contribution < 1.29 is 9.90 Å². The van der Waals surface area contributed by atoms with Crippen molar-refractivity contribution in [1.82, 2.24) is 4.57 Å². The van der Waals surface area contributed by atoms with Crippen LogP contribution in [-0.4, -0.2) is 15.6 Å². The quantitative estimate of drug-likeness (QED) is 0.888. The number of nitrogens with zero attached hydrogens (tertiary/aromatic N) is 1. The van der Waals surface area contributed by atoms with Crippen molar-refractivity contribution in [2.75, 3.05) is 0 Å². The van der Waals surface area contributed by atoms with Gasteiger partial charge in [-0.1, -0.05) is 26.7 Å². The van der Waals surface area contributed by atoms with Crippen LogP contribution in [0.5, 0.6) is 0 Å². The molecule has 112 valence electrons. The molecule has 2 aromatic rings. The Balaban J connectivity index is 2.05. The fraction of sp³-hybridized carbons (Fsp3) is 0.500. The molecule has 1 aromatic carbocycles. The molecule has 1 N–H and O–H groups in total. The number of carboxylic acid groups (broad SMARTS) is 1. The SMILES string of the molecule is CC(C)c1cn(CC2CCCC2)c2ccc(C(=O)O)cc12. The highest BCUT2D eigenvalue weighted by atomic mass is 16.4. The molecule has 1 heterocycles. The number of benzene rings is 1. The first kappa shape index (κ1) is 14.2. The van der Waals surface area contributed by atoms with Gasteiger partial charge in [-0.2, -0.15) is 0 Å². The van der Waals surface area contributed by atoms with Gasteiger partial charge in [0.15, 0.2) is 0 Å². The summed E-state index contributed by atoms with van der Waals surface area (Å²) in [7, 11) is 0. The van der Waals surface area contributed by atoms with Gasteiger partial charge >= 0.3 is 5.97 Å². The van der Waals surface area contributed by atoms with E-state index in [1.54, 1.807) is 6.07 Å². The Kier molecular flexibility index (Phi) is 3.75. The summed E-state index contributed by atoms with van der Waals surface area (Å²) in [6.45, 7) is 5.40. The summed E-state index contributed by atoms with van der Waals surface area (Å²) in [5.41, 5.74) is 2.81. The Morgan fingerprint density at radius 1 is 1.33 bits per heavy atom. The molecular weight excluding hydrogens is 262 g/mol. The van der Waals surface area contributed by atoms with Gasteiger partial charge in [-0.15, -0.1) is 0 Å². The van der Waals surface area contributed by atoms with Crippen LogP contribution in [0.4, 0.5) is 0 Å². The zero-order chi connectivity index (χ0) is 15.0. The number of aromatic nitrogens is 1. The minimum absolute atomic E-state index is 0.378. The maximum Gasteiger partial charge on any atom is 0.335 e. The number of hydrogen-bond acceptors (Lipinski definition) is 1. The van der Waals surface area contributed by atoms with Crippen LogP contribution in [0.15, 0.2) is 24.4 Å². The molecule has 0 spiro atoms. The topological polar surface area (TPSA) is 42.2 Å². The van der Waals surface area contributed by atoms with Gasteiger partial charge in [0.2, 0.25) is 0 Å². The Morgan fingerprint density at radius 2 is 2.05 bits per heavy atom. The summed E-state index contributed by atoms with van der Waals surface area (Å²) in [6, 6.07) is 5.53. The van der Waals surface area contributed by atoms with E-state index in [0.29, 0.717) is 11.5 Å². The van der Waals surface area contributed by atoms with Crippen molar-refractivity contribution in [1.29, 1.82) is 0 Å². The average Bonchev–Trinajstić information content (AvgIpc) is 3.07. The van der Waals surface area contributed by atoms with E-state index in [-0.39, 0.29) is 0 Å². The highest BCUT2D eigenvalue weighted by Gasteiger charge is 2.19. The molecule has 0 saturated heterocycles. The van der Waals surface area contributed by atoms with E-state index in [0.717, 1.165) is 17.8 Å². The predicted molar refractivity (Wildman–Crippen MR) is 84.9 cm³/mol. The minimum atomic E-state index is -0.852. The smallest absolute Gasteiger partial charge is 0.335 e. The van der Waals surface area contributed by atoms with E-state index in [4.69, 9.17) is 0 Å². The number of rotatable bonds is 4. The number of hydrogen-bond donors (Lipinski definition) is 1. The number of fused-ring (bicyclic) bond motifs is 1. The Bertz CT molecular complexity index is 663. The molecule has 0 radical (unpaired) electrons. The second kappa shape index (κ2) is 5.55. The van der Waals surface area contributed by atoms with Gasteiger partial charge in [0, 0.05) is 23.6 Å². The van der Waals surface area contributed by atoms with Gasteiger partial charge in [-0.05, 0) is 48.4 Å². The lowest BCUT2D eigenvalue weighted by atomic mass is 10.0. The van der Waals surface area contributed by atoms with Gasteiger partial charge in [-0.3, -0.25) is 0 Å². The lowest BCUT2D eigenvalue weighted by Crippen LogP contribution is -2.06. The summed E-state index contributed by atoms with van der Waals surface area (Å²) >= 11 is 0. The maximum absolute atomic E-state index is 11.2. The first-order valence-corrected chi connectivity index (χ1v) is 7.92. The molecule has 1 saturated carbocycles. The van der Waals surface area contributed by atoms with Crippen LogP contribution >= 0.6 is 0 Å². The first-order chi connectivity index (χ1) is 10.1. The average molecular weight is 285 g/mol. The number of aromatic carboxylic acids is 1. The second-order valence-electron chi connectivity index (χ2n) is 6.58. The molecule has 0 amide bonds. The number of carboxylic acids is 1. The molecule has 1 aromatic heterocycles. The summed E-state index contributed by atoms with van der Waals surface area (Å²) in [5, 5.41) is 10.3. The van der Waals surface area contributed by atoms with E-state index in [1.807, 2.05) is 12.1 Å². The Hall–Kier alpha value is -1.77. The number of carbonyl (C=O) groups is 1. The molecule has 0 unspecified atom stereocenters. The molecule has 1 aliphatic carbocycles. The zero-order valence-electron chi connectivity index (χ0n) is 12.8. The van der Waals surface area contributed by atoms with E-state index in [9.17, 15) is 9.90 Å². The molecule has 0 atom stereocenters. The molecule has 0 bridgehead atoms. The first-order valence-electron chi connectivity index (χ1n) is 7.92. The van der Waals surface area contributed by atoms with E-state index in [2.05, 4.69) is 24.6 Å². The summed E-state index contributed by atoms with van der Waals surface area (Å²) < 4.78 is 2.34. The van der Waals surface area contributed by atoms with Crippen molar-refractivity contribution in [2.45, 2.75) is 52.0 Å². The summed E-state index contributed by atoms with van der Waals surface area (Å²) in [4.78, 5) is 11.2. The highest BCUT2D eigenvalue weighted by Crippen LogP contribution is 2.32. The third-order valence-corrected chi connectivity index (χ3v) is 4.71. The maximum atomic E-state index is 11.2. The van der Waals surface area contributed by atoms with Crippen LogP contribution in [-0.2, 0) is 6.54 Å². The van der Waals surface area contributed by atoms with Crippen molar-refractivity contribution in [3.8, 4) is 0 Å². The van der Waals surface area contributed by atoms with Crippen molar-refractivity contribution in [3.05, 3.63) is 35.5 Å². The lowest BCUT2D eigenvalue weighted by molar-refractivity contribution is 0.0697. The normalized spacial score (nSPS) is 16.1. The summed E-state index contributed by atoms with van der Waals surface area (Å²) in [6.07, 6.45) is 7.58. The van der Waals surface area contributed by atoms with Crippen LogP contribution in [0.25, 0.3) is 10.9 Å². The Morgan fingerprint density at radius 3 is 2.67 bits per heavy atom. The van der Waals surface area contributed by atoms with Gasteiger partial charge in [-0.25, -0.2) is 4.79 Å². The van der Waals surface area contributed by atoms with Crippen molar-refractivity contribution in [2.24, 2.45) is 5.92 Å². The van der Waals surface area contributed by atoms with Gasteiger partial charge < -0.3 is 9.67 Å². The van der Waals surface area contributed by atoms with Crippen molar-refractivity contribution >= 4 is 16.9 Å². The second-order valence-corrected chi connectivity index (χ2v) is 6.58. The minimum Gasteiger partial charge on any atom is -0.478 e. The fourth-order valence-corrected chi connectivity index (χ4v) is 3.54. The third kappa shape index (κ3) is 2.69. The lowest BCUT2D eigenvalue weighted by Gasteiger charge is -2.11. The van der Waals surface area contributed by atoms with E-state index < -0.39 is 5.97 Å². The van der Waals surface area contributed by atoms with Crippen LogP contribution < -0.4 is 0 Å². The predicted octanol–water partition coefficient (Wildman–Crippen LogP) is 4.65. The molecule has 0 aliphatic heterocycles. The third-order valence-electron chi connectivity index (χ3n) is 4.71. The van der Waals surface area contributed by atoms with Gasteiger partial charge in [0.1, 0.15) is 0 Å². The van der Waals surface area contributed by atoms with Crippen LogP contribution in [0, 0.1) is 5.92 Å². The molecule has 3 nitrogen and oxygen atoms in total. The zero-order valence-corrected chi connectivity index (χ0v) is 12.8. The molecule has 1 fully saturated rings. The molecule has 3 heteroatoms. The van der Waals surface area contributed by atoms with E-state index in [1.165, 1.54) is 36.8 Å². The standard InChI is InChI=1S/C18H23NO2/c1-12(2)16-11-19(10-13-5-3-4-6-13)17-8-7-14(18(20)21)9-15(16)17/h7-9,11-13H,3-6,10H2,1-2H3,(H,20,21). The Labute approximate surface area is 125 Å². The van der Waals surface area contributed by atoms with Gasteiger partial charge in [0.25, 0.3) is 0 Å². The van der Waals surface area contributed by atoms with E-state index >= 15 is 0 Å². The largest absolute Gasteiger partial charge is 0.478 e. The van der Waals surface area contributed by atoms with Crippen LogP contribution in [0.1, 0.15) is 61.4 Å². The molecule has 21 heavy (non-hydrogen) atoms. The molecule has 3 rings (SSSR count). The molecular formula is C18H23NO2. The highest BCUT2D eigenvalue weighted by molar-refractivity contribution is 5.95. The van der Waals surface area contributed by atoms with Crippen LogP contribution in [0.3, 0.4) is 0 Å². The van der Waals surface area contributed by atoms with Crippen LogP contribution in [0.2, 0.25) is 0 Å². The molecule has 1 aliphatic rings. The fourth-order valence-electron chi connectivity index (χ4n) is 3.54. The van der Waals surface area contributed by atoms with Crippen molar-refractivity contribution in [3.63, 3.8) is 0 Å².